The number of rotatable bonds is 7. The van der Waals surface area contributed by atoms with Crippen LogP contribution in [0.5, 0.6) is 5.75 Å². The Bertz CT molecular complexity index is 1360. The smallest absolute Gasteiger partial charge is 0.323 e. The van der Waals surface area contributed by atoms with Crippen LogP contribution >= 0.6 is 0 Å². The van der Waals surface area contributed by atoms with E-state index in [4.69, 9.17) is 14.0 Å². The van der Waals surface area contributed by atoms with Crippen LogP contribution in [0.1, 0.15) is 93.9 Å². The van der Waals surface area contributed by atoms with Crippen molar-refractivity contribution in [2.24, 2.45) is 5.92 Å². The lowest BCUT2D eigenvalue weighted by Gasteiger charge is -2.36. The zero-order valence-corrected chi connectivity index (χ0v) is 29.3. The highest BCUT2D eigenvalue weighted by atomic mass is 16.5. The number of aromatic nitrogens is 1. The number of hydrogen-bond acceptors (Lipinski definition) is 8. The van der Waals surface area contributed by atoms with Crippen molar-refractivity contribution >= 4 is 29.3 Å². The molecule has 0 bridgehead atoms. The zero-order chi connectivity index (χ0) is 34.8. The molecule has 1 aliphatic carbocycles. The van der Waals surface area contributed by atoms with Gasteiger partial charge in [0.15, 0.2) is 5.76 Å². The molecule has 5 amide bonds. The Morgan fingerprint density at radius 3 is 2.50 bits per heavy atom. The molecule has 2 heterocycles. The second-order valence-electron chi connectivity index (χ2n) is 13.5. The molecule has 0 saturated heterocycles. The summed E-state index contributed by atoms with van der Waals surface area (Å²) in [7, 11) is 1.78. The summed E-state index contributed by atoms with van der Waals surface area (Å²) in [5.41, 5.74) is 1.68. The molecule has 1 fully saturated rings. The van der Waals surface area contributed by atoms with Crippen molar-refractivity contribution in [2.45, 2.75) is 110 Å². The van der Waals surface area contributed by atoms with Gasteiger partial charge < -0.3 is 44.9 Å². The van der Waals surface area contributed by atoms with Crippen molar-refractivity contribution in [1.82, 2.24) is 20.3 Å². The minimum Gasteiger partial charge on any atom is -0.490 e. The van der Waals surface area contributed by atoms with E-state index in [0.717, 1.165) is 44.9 Å². The fourth-order valence-corrected chi connectivity index (χ4v) is 6.28. The van der Waals surface area contributed by atoms with Crippen LogP contribution in [0.25, 0.3) is 0 Å². The van der Waals surface area contributed by atoms with Crippen molar-refractivity contribution in [3.63, 3.8) is 0 Å². The molecule has 1 aliphatic heterocycles. The Morgan fingerprint density at radius 1 is 1.08 bits per heavy atom. The van der Waals surface area contributed by atoms with E-state index in [0.29, 0.717) is 41.7 Å². The topological polar surface area (TPSA) is 158 Å². The molecule has 4 N–H and O–H groups in total. The predicted octanol–water partition coefficient (Wildman–Crippen LogP) is 5.71. The number of likely N-dealkylation sites (N-methyl/N-ethyl adjacent to an activating group) is 1. The highest BCUT2D eigenvalue weighted by Crippen LogP contribution is 2.29. The molecule has 13 nitrogen and oxygen atoms in total. The van der Waals surface area contributed by atoms with E-state index in [1.165, 1.54) is 6.42 Å². The third-order valence-electron chi connectivity index (χ3n) is 9.31. The molecule has 48 heavy (non-hydrogen) atoms. The fourth-order valence-electron chi connectivity index (χ4n) is 6.28. The summed E-state index contributed by atoms with van der Waals surface area (Å²) in [5.74, 6) is 0.349. The average molecular weight is 671 g/mol. The second kappa shape index (κ2) is 17.5. The van der Waals surface area contributed by atoms with Crippen molar-refractivity contribution in [3.8, 4) is 5.75 Å². The number of ether oxygens (including phenoxy) is 2. The van der Waals surface area contributed by atoms with Gasteiger partial charge in [0, 0.05) is 44.4 Å². The maximum absolute atomic E-state index is 14.4. The zero-order valence-electron chi connectivity index (χ0n) is 29.3. The van der Waals surface area contributed by atoms with Gasteiger partial charge in [0.2, 0.25) is 0 Å². The van der Waals surface area contributed by atoms with E-state index < -0.39 is 12.1 Å². The van der Waals surface area contributed by atoms with E-state index in [1.807, 2.05) is 13.8 Å². The van der Waals surface area contributed by atoms with Gasteiger partial charge in [-0.3, -0.25) is 4.79 Å². The number of aliphatic hydroxyl groups is 1. The first-order chi connectivity index (χ1) is 23.0. The molecule has 4 atom stereocenters. The third kappa shape index (κ3) is 10.1. The van der Waals surface area contributed by atoms with Crippen LogP contribution < -0.4 is 20.7 Å². The normalized spacial score (nSPS) is 22.1. The second-order valence-corrected chi connectivity index (χ2v) is 13.5. The van der Waals surface area contributed by atoms with Crippen LogP contribution in [-0.4, -0.2) is 95.7 Å². The molecule has 0 radical (unpaired) electrons. The number of nitrogens with zero attached hydrogens (tertiary/aromatic N) is 3. The standard InChI is InChI=1S/C35H54N6O7/c1-22-19-41(23(2)21-42)33(43)29-18-28(36-34(44)38-32-25(4)39-48-26(32)5)15-16-30(29)47-24(3)12-10-11-17-46-31(22)20-40(6)35(45)37-27-13-8-7-9-14-27/h15-16,18,22-24,27,31,42H,7-14,17,19-21H2,1-6H3,(H,37,45)(H2,36,38,44)/t22-,23+,24-,31-/m1/s1. The van der Waals surface area contributed by atoms with E-state index in [2.05, 4.69) is 21.1 Å². The Balaban J connectivity index is 1.57. The van der Waals surface area contributed by atoms with Gasteiger partial charge in [0.1, 0.15) is 17.1 Å². The lowest BCUT2D eigenvalue weighted by Crippen LogP contribution is -2.50. The van der Waals surface area contributed by atoms with Gasteiger partial charge in [-0.1, -0.05) is 31.3 Å². The maximum Gasteiger partial charge on any atom is 0.323 e. The van der Waals surface area contributed by atoms with Crippen LogP contribution in [0.3, 0.4) is 0 Å². The molecule has 2 aliphatic rings. The quantitative estimate of drug-likeness (QED) is 0.292. The predicted molar refractivity (Wildman–Crippen MR) is 184 cm³/mol. The molecular formula is C35H54N6O7. The molecule has 1 saturated carbocycles. The Kier molecular flexibility index (Phi) is 13.5. The first-order valence-electron chi connectivity index (χ1n) is 17.3. The first-order valence-corrected chi connectivity index (χ1v) is 17.3. The van der Waals surface area contributed by atoms with Gasteiger partial charge in [-0.2, -0.15) is 0 Å². The molecule has 4 rings (SSSR count). The van der Waals surface area contributed by atoms with Gasteiger partial charge in [0.25, 0.3) is 5.91 Å². The fraction of sp³-hybridized carbons (Fsp3) is 0.657. The number of fused-ring (bicyclic) bond motifs is 1. The average Bonchev–Trinajstić information content (AvgIpc) is 3.38. The van der Waals surface area contributed by atoms with E-state index in [9.17, 15) is 19.5 Å². The molecule has 13 heteroatoms. The van der Waals surface area contributed by atoms with E-state index >= 15 is 0 Å². The van der Waals surface area contributed by atoms with Crippen molar-refractivity contribution < 1.29 is 33.5 Å². The molecule has 0 unspecified atom stereocenters. The summed E-state index contributed by atoms with van der Waals surface area (Å²) in [6, 6.07) is 4.02. The number of carbonyl (C=O) groups excluding carboxylic acids is 3. The van der Waals surface area contributed by atoms with Crippen LogP contribution in [-0.2, 0) is 4.74 Å². The van der Waals surface area contributed by atoms with Gasteiger partial charge in [-0.25, -0.2) is 9.59 Å². The van der Waals surface area contributed by atoms with E-state index in [-0.39, 0.29) is 54.8 Å². The number of benzene rings is 1. The summed E-state index contributed by atoms with van der Waals surface area (Å²) in [5, 5.41) is 22.8. The minimum atomic E-state index is -0.523. The summed E-state index contributed by atoms with van der Waals surface area (Å²) in [6.07, 6.45) is 7.37. The van der Waals surface area contributed by atoms with Gasteiger partial charge in [-0.05, 0) is 78.0 Å². The lowest BCUT2D eigenvalue weighted by atomic mass is 9.96. The lowest BCUT2D eigenvalue weighted by molar-refractivity contribution is -0.0123. The number of hydrogen-bond donors (Lipinski definition) is 4. The highest BCUT2D eigenvalue weighted by Gasteiger charge is 2.31. The van der Waals surface area contributed by atoms with Gasteiger partial charge in [-0.15, -0.1) is 0 Å². The number of carbonyl (C=O) groups is 3. The SMILES string of the molecule is Cc1noc(C)c1NC(=O)Nc1ccc2c(c1)C(=O)N([C@@H](C)CO)C[C@@H](C)[C@@H](CN(C)C(=O)NC1CCCCC1)OCCCC[C@@H](C)O2. The number of amides is 5. The number of anilines is 2. The van der Waals surface area contributed by atoms with Gasteiger partial charge >= 0.3 is 12.1 Å². The molecular weight excluding hydrogens is 616 g/mol. The third-order valence-corrected chi connectivity index (χ3v) is 9.31. The Hall–Kier alpha value is -3.84. The highest BCUT2D eigenvalue weighted by molar-refractivity contribution is 6.03. The molecule has 1 aromatic heterocycles. The summed E-state index contributed by atoms with van der Waals surface area (Å²) in [6.45, 7) is 10.1. The van der Waals surface area contributed by atoms with Crippen molar-refractivity contribution in [1.29, 1.82) is 0 Å². The first kappa shape index (κ1) is 37.0. The summed E-state index contributed by atoms with van der Waals surface area (Å²) >= 11 is 0. The molecule has 1 aromatic carbocycles. The monoisotopic (exact) mass is 670 g/mol. The van der Waals surface area contributed by atoms with Crippen LogP contribution in [0, 0.1) is 19.8 Å². The number of aryl methyl sites for hydroxylation is 2. The minimum absolute atomic E-state index is 0.118. The molecule has 2 aromatic rings. The summed E-state index contributed by atoms with van der Waals surface area (Å²) < 4.78 is 17.8. The number of aliphatic hydroxyl groups excluding tert-OH is 1. The molecule has 0 spiro atoms. The van der Waals surface area contributed by atoms with Crippen molar-refractivity contribution in [2.75, 3.05) is 44.0 Å². The van der Waals surface area contributed by atoms with E-state index in [1.54, 1.807) is 55.8 Å². The van der Waals surface area contributed by atoms with Crippen molar-refractivity contribution in [3.05, 3.63) is 35.2 Å². The Morgan fingerprint density at radius 2 is 1.81 bits per heavy atom. The van der Waals surface area contributed by atoms with Crippen LogP contribution in [0.2, 0.25) is 0 Å². The molecule has 266 valence electrons. The number of urea groups is 2. The van der Waals surface area contributed by atoms with Gasteiger partial charge in [0.05, 0.1) is 30.4 Å². The largest absolute Gasteiger partial charge is 0.490 e. The Labute approximate surface area is 284 Å². The summed E-state index contributed by atoms with van der Waals surface area (Å²) in [4.78, 5) is 43.7. The van der Waals surface area contributed by atoms with Crippen LogP contribution in [0.4, 0.5) is 21.0 Å². The van der Waals surface area contributed by atoms with Crippen LogP contribution in [0.15, 0.2) is 22.7 Å². The maximum atomic E-state index is 14.4. The number of nitrogens with one attached hydrogen (secondary N) is 3.